The molecule has 4 aromatic heterocycles. The smallest absolute Gasteiger partial charge is 0.211 e. The van der Waals surface area contributed by atoms with Crippen molar-refractivity contribution in [1.29, 1.82) is 0 Å². The zero-order valence-corrected chi connectivity index (χ0v) is 20.2. The highest BCUT2D eigenvalue weighted by Gasteiger charge is 2.46. The molecule has 7 rings (SSSR count). The summed E-state index contributed by atoms with van der Waals surface area (Å²) in [6.45, 7) is 1.91. The summed E-state index contributed by atoms with van der Waals surface area (Å²) >= 11 is 3.37. The van der Waals surface area contributed by atoms with Gasteiger partial charge in [-0.2, -0.15) is 0 Å². The molecule has 8 heteroatoms. The number of imidazole rings is 1. The average Bonchev–Trinajstić information content (AvgIpc) is 3.60. The fraction of sp³-hybridized carbons (Fsp3) is 0.269. The van der Waals surface area contributed by atoms with Crippen molar-refractivity contribution < 1.29 is 0 Å². The summed E-state index contributed by atoms with van der Waals surface area (Å²) < 4.78 is 2.13. The lowest BCUT2D eigenvalue weighted by molar-refractivity contribution is 0.186. The van der Waals surface area contributed by atoms with Crippen molar-refractivity contribution >= 4 is 44.9 Å². The van der Waals surface area contributed by atoms with Crippen molar-refractivity contribution in [3.05, 3.63) is 77.7 Å². The fourth-order valence-electron chi connectivity index (χ4n) is 5.71. The minimum Gasteiger partial charge on any atom is -0.342 e. The van der Waals surface area contributed by atoms with Gasteiger partial charge in [-0.3, -0.25) is 4.40 Å². The van der Waals surface area contributed by atoms with E-state index in [0.29, 0.717) is 0 Å². The molecular formula is C26H24N6S2. The molecule has 34 heavy (non-hydrogen) atoms. The zero-order chi connectivity index (χ0) is 22.7. The van der Waals surface area contributed by atoms with Gasteiger partial charge in [0, 0.05) is 54.2 Å². The molecule has 1 aliphatic carbocycles. The van der Waals surface area contributed by atoms with Gasteiger partial charge in [-0.1, -0.05) is 36.0 Å². The van der Waals surface area contributed by atoms with Gasteiger partial charge in [0.25, 0.3) is 0 Å². The number of pyridine rings is 1. The lowest BCUT2D eigenvalue weighted by Gasteiger charge is -2.42. The number of hydrogen-bond donors (Lipinski definition) is 1. The number of nitrogens with zero attached hydrogens (tertiary/aromatic N) is 5. The summed E-state index contributed by atoms with van der Waals surface area (Å²) in [6, 6.07) is 13.0. The van der Waals surface area contributed by atoms with Crippen LogP contribution in [0.2, 0.25) is 0 Å². The van der Waals surface area contributed by atoms with Crippen molar-refractivity contribution in [1.82, 2.24) is 19.4 Å². The van der Waals surface area contributed by atoms with E-state index in [1.165, 1.54) is 21.4 Å². The first-order chi connectivity index (χ1) is 16.7. The van der Waals surface area contributed by atoms with Crippen LogP contribution in [-0.2, 0) is 6.42 Å². The summed E-state index contributed by atoms with van der Waals surface area (Å²) in [5, 5.41) is 3.27. The Morgan fingerprint density at radius 3 is 2.76 bits per heavy atom. The van der Waals surface area contributed by atoms with Crippen LogP contribution in [0.25, 0.3) is 15.9 Å². The van der Waals surface area contributed by atoms with E-state index in [2.05, 4.69) is 56.1 Å². The second-order valence-electron chi connectivity index (χ2n) is 9.30. The molecule has 2 aliphatic rings. The first kappa shape index (κ1) is 20.4. The van der Waals surface area contributed by atoms with E-state index in [-0.39, 0.29) is 11.5 Å². The highest BCUT2D eigenvalue weighted by Crippen LogP contribution is 2.51. The Morgan fingerprint density at radius 1 is 1.00 bits per heavy atom. The number of aromatic nitrogens is 4. The maximum Gasteiger partial charge on any atom is 0.211 e. The minimum absolute atomic E-state index is 0.125. The number of benzene rings is 1. The van der Waals surface area contributed by atoms with Crippen LogP contribution in [0.4, 0.5) is 5.95 Å². The Morgan fingerprint density at radius 2 is 1.88 bits per heavy atom. The molecule has 0 amide bonds. The molecule has 6 nitrogen and oxygen atoms in total. The molecule has 0 unspecified atom stereocenters. The van der Waals surface area contributed by atoms with E-state index in [4.69, 9.17) is 15.7 Å². The normalized spacial score (nSPS) is 19.3. The third-order valence-electron chi connectivity index (χ3n) is 7.56. The second kappa shape index (κ2) is 7.80. The number of anilines is 1. The summed E-state index contributed by atoms with van der Waals surface area (Å²) in [5.74, 6) is 0.964. The van der Waals surface area contributed by atoms with Gasteiger partial charge >= 0.3 is 0 Å². The van der Waals surface area contributed by atoms with Crippen LogP contribution in [0, 0.1) is 5.41 Å². The highest BCUT2D eigenvalue weighted by molar-refractivity contribution is 7.99. The van der Waals surface area contributed by atoms with E-state index in [1.54, 1.807) is 23.1 Å². The molecule has 1 saturated heterocycles. The predicted molar refractivity (Wildman–Crippen MR) is 138 cm³/mol. The topological polar surface area (TPSA) is 72.3 Å². The molecule has 1 aromatic carbocycles. The largest absolute Gasteiger partial charge is 0.342 e. The van der Waals surface area contributed by atoms with E-state index in [0.717, 1.165) is 53.7 Å². The van der Waals surface area contributed by atoms with Gasteiger partial charge in [0.1, 0.15) is 4.83 Å². The Kier molecular flexibility index (Phi) is 4.69. The van der Waals surface area contributed by atoms with Gasteiger partial charge < -0.3 is 10.6 Å². The SMILES string of the molecule is N[C@@H]1c2ccccc2CC12CCN(c1ncc(Sc3ccnc4sccc34)c3nccn13)CC2. The van der Waals surface area contributed by atoms with Crippen LogP contribution in [0.5, 0.6) is 0 Å². The minimum atomic E-state index is 0.125. The standard InChI is InChI=1S/C26H24N6S2/c27-22-18-4-2-1-3-17(18)15-26(22)7-11-31(12-8-26)25-30-16-21(23-28-10-13-32(23)25)34-20-5-9-29-24-19(20)6-14-33-24/h1-6,9-10,13-14,16,22H,7-8,11-12,15,27H2/t22-/m1/s1. The van der Waals surface area contributed by atoms with Crippen LogP contribution in [-0.4, -0.2) is 32.4 Å². The van der Waals surface area contributed by atoms with Crippen molar-refractivity contribution in [3.8, 4) is 0 Å². The van der Waals surface area contributed by atoms with Crippen LogP contribution < -0.4 is 10.6 Å². The Labute approximate surface area is 205 Å². The maximum atomic E-state index is 6.78. The van der Waals surface area contributed by atoms with Gasteiger partial charge in [0.2, 0.25) is 5.95 Å². The molecule has 1 fully saturated rings. The molecule has 0 saturated carbocycles. The zero-order valence-electron chi connectivity index (χ0n) is 18.6. The van der Waals surface area contributed by atoms with E-state index < -0.39 is 0 Å². The molecule has 1 aliphatic heterocycles. The first-order valence-corrected chi connectivity index (χ1v) is 13.3. The van der Waals surface area contributed by atoms with E-state index in [1.807, 2.05) is 24.8 Å². The molecule has 0 bridgehead atoms. The van der Waals surface area contributed by atoms with Gasteiger partial charge in [-0.15, -0.1) is 11.3 Å². The Balaban J connectivity index is 1.16. The van der Waals surface area contributed by atoms with Crippen molar-refractivity contribution in [2.24, 2.45) is 11.1 Å². The first-order valence-electron chi connectivity index (χ1n) is 11.6. The molecule has 5 aromatic rings. The van der Waals surface area contributed by atoms with E-state index >= 15 is 0 Å². The number of nitrogens with two attached hydrogens (primary N) is 1. The lowest BCUT2D eigenvalue weighted by Crippen LogP contribution is -2.45. The van der Waals surface area contributed by atoms with Gasteiger partial charge in [-0.05, 0) is 53.3 Å². The van der Waals surface area contributed by atoms with Crippen molar-refractivity contribution in [2.45, 2.75) is 35.1 Å². The monoisotopic (exact) mass is 484 g/mol. The Bertz CT molecular complexity index is 1510. The van der Waals surface area contributed by atoms with E-state index in [9.17, 15) is 0 Å². The molecule has 0 radical (unpaired) electrons. The lowest BCUT2D eigenvalue weighted by atomic mass is 9.73. The molecule has 170 valence electrons. The number of fused-ring (bicyclic) bond motifs is 3. The molecular weight excluding hydrogens is 460 g/mol. The number of rotatable bonds is 3. The highest BCUT2D eigenvalue weighted by atomic mass is 32.2. The second-order valence-corrected chi connectivity index (χ2v) is 11.3. The van der Waals surface area contributed by atoms with Crippen LogP contribution in [0.3, 0.4) is 0 Å². The van der Waals surface area contributed by atoms with Crippen molar-refractivity contribution in [2.75, 3.05) is 18.0 Å². The molecule has 1 atom stereocenters. The van der Waals surface area contributed by atoms with Crippen LogP contribution >= 0.6 is 23.1 Å². The third-order valence-corrected chi connectivity index (χ3v) is 9.46. The summed E-state index contributed by atoms with van der Waals surface area (Å²) in [4.78, 5) is 19.8. The van der Waals surface area contributed by atoms with Gasteiger partial charge in [-0.25, -0.2) is 15.0 Å². The van der Waals surface area contributed by atoms with Crippen LogP contribution in [0.15, 0.2) is 76.4 Å². The van der Waals surface area contributed by atoms with Gasteiger partial charge in [0.15, 0.2) is 5.65 Å². The molecule has 1 spiro atoms. The third kappa shape index (κ3) is 3.09. The summed E-state index contributed by atoms with van der Waals surface area (Å²) in [5.41, 5.74) is 10.7. The van der Waals surface area contributed by atoms with Crippen molar-refractivity contribution in [3.63, 3.8) is 0 Å². The fourth-order valence-corrected chi connectivity index (χ4v) is 7.52. The quantitative estimate of drug-likeness (QED) is 0.373. The number of piperidine rings is 1. The van der Waals surface area contributed by atoms with Crippen LogP contribution in [0.1, 0.15) is 30.0 Å². The summed E-state index contributed by atoms with van der Waals surface area (Å²) in [6.07, 6.45) is 11.0. The van der Waals surface area contributed by atoms with Gasteiger partial charge in [0.05, 0.1) is 4.90 Å². The average molecular weight is 485 g/mol. The Hall–Kier alpha value is -2.94. The predicted octanol–water partition coefficient (Wildman–Crippen LogP) is 5.33. The maximum absolute atomic E-state index is 6.78. The molecule has 2 N–H and O–H groups in total. The number of thiophene rings is 1. The molecule has 5 heterocycles. The number of hydrogen-bond acceptors (Lipinski definition) is 7. The summed E-state index contributed by atoms with van der Waals surface area (Å²) in [7, 11) is 0.